The van der Waals surface area contributed by atoms with Crippen LogP contribution >= 0.6 is 12.4 Å². The normalized spacial score (nSPS) is 25.1. The lowest BCUT2D eigenvalue weighted by Crippen LogP contribution is -2.41. The van der Waals surface area contributed by atoms with Crippen molar-refractivity contribution in [2.75, 3.05) is 19.7 Å². The van der Waals surface area contributed by atoms with Crippen LogP contribution < -0.4 is 10.6 Å². The van der Waals surface area contributed by atoms with Crippen LogP contribution in [0.1, 0.15) is 32.6 Å². The highest BCUT2D eigenvalue weighted by Crippen LogP contribution is 2.32. The maximum absolute atomic E-state index is 11.5. The number of hydrogen-bond acceptors (Lipinski definition) is 3. The topological polar surface area (TPSA) is 50.4 Å². The van der Waals surface area contributed by atoms with Crippen molar-refractivity contribution in [3.05, 3.63) is 0 Å². The van der Waals surface area contributed by atoms with Gasteiger partial charge in [-0.05, 0) is 38.5 Å². The summed E-state index contributed by atoms with van der Waals surface area (Å²) in [5.41, 5.74) is 0. The molecule has 2 atom stereocenters. The number of ether oxygens (including phenoxy) is 1. The molecule has 1 saturated heterocycles. The number of amides is 1. The Morgan fingerprint density at radius 2 is 2.18 bits per heavy atom. The minimum atomic E-state index is 0. The van der Waals surface area contributed by atoms with Crippen molar-refractivity contribution >= 4 is 18.3 Å². The van der Waals surface area contributed by atoms with Gasteiger partial charge in [-0.2, -0.15) is 0 Å². The molecule has 0 aromatic carbocycles. The van der Waals surface area contributed by atoms with E-state index in [9.17, 15) is 4.79 Å². The third-order valence-electron chi connectivity index (χ3n) is 3.40. The predicted octanol–water partition coefficient (Wildman–Crippen LogP) is 1.09. The zero-order valence-electron chi connectivity index (χ0n) is 10.4. The molecule has 2 unspecified atom stereocenters. The van der Waals surface area contributed by atoms with Crippen LogP contribution in [-0.4, -0.2) is 37.7 Å². The van der Waals surface area contributed by atoms with E-state index in [4.69, 9.17) is 4.74 Å². The number of nitrogens with one attached hydrogen (secondary N) is 2. The van der Waals surface area contributed by atoms with E-state index < -0.39 is 0 Å². The largest absolute Gasteiger partial charge is 0.377 e. The van der Waals surface area contributed by atoms with Gasteiger partial charge in [0.1, 0.15) is 0 Å². The summed E-state index contributed by atoms with van der Waals surface area (Å²) in [6.45, 7) is 4.18. The Bertz CT molecular complexity index is 241. The Balaban J connectivity index is 0.00000144. The lowest BCUT2D eigenvalue weighted by molar-refractivity contribution is -0.121. The summed E-state index contributed by atoms with van der Waals surface area (Å²) in [5.74, 6) is 0.833. The Morgan fingerprint density at radius 3 is 2.76 bits per heavy atom. The van der Waals surface area contributed by atoms with Crippen molar-refractivity contribution in [3.63, 3.8) is 0 Å². The van der Waals surface area contributed by atoms with Crippen molar-refractivity contribution in [1.29, 1.82) is 0 Å². The molecule has 1 aliphatic carbocycles. The Labute approximate surface area is 109 Å². The van der Waals surface area contributed by atoms with Gasteiger partial charge in [0.05, 0.1) is 12.6 Å². The molecule has 2 fully saturated rings. The van der Waals surface area contributed by atoms with Gasteiger partial charge in [0.15, 0.2) is 0 Å². The molecule has 0 aromatic heterocycles. The van der Waals surface area contributed by atoms with Gasteiger partial charge in [-0.15, -0.1) is 12.4 Å². The van der Waals surface area contributed by atoms with Gasteiger partial charge in [-0.25, -0.2) is 0 Å². The van der Waals surface area contributed by atoms with Crippen molar-refractivity contribution < 1.29 is 9.53 Å². The summed E-state index contributed by atoms with van der Waals surface area (Å²) >= 11 is 0. The summed E-state index contributed by atoms with van der Waals surface area (Å²) in [5, 5.41) is 6.18. The minimum Gasteiger partial charge on any atom is -0.377 e. The van der Waals surface area contributed by atoms with Gasteiger partial charge < -0.3 is 15.4 Å². The van der Waals surface area contributed by atoms with Crippen LogP contribution in [-0.2, 0) is 9.53 Å². The number of carbonyl (C=O) groups is 1. The highest BCUT2D eigenvalue weighted by atomic mass is 35.5. The van der Waals surface area contributed by atoms with E-state index in [1.165, 1.54) is 12.8 Å². The van der Waals surface area contributed by atoms with Crippen LogP contribution in [0.3, 0.4) is 0 Å². The molecule has 0 radical (unpaired) electrons. The molecule has 1 aliphatic heterocycles. The van der Waals surface area contributed by atoms with Crippen LogP contribution in [0.2, 0.25) is 0 Å². The van der Waals surface area contributed by atoms with Crippen LogP contribution in [0.5, 0.6) is 0 Å². The molecule has 1 heterocycles. The van der Waals surface area contributed by atoms with E-state index >= 15 is 0 Å². The summed E-state index contributed by atoms with van der Waals surface area (Å²) in [6.07, 6.45) is 5.12. The maximum atomic E-state index is 11.5. The molecular weight excluding hydrogens is 240 g/mol. The molecule has 100 valence electrons. The number of carbonyl (C=O) groups excluding carboxylic acids is 1. The van der Waals surface area contributed by atoms with Crippen LogP contribution in [0.25, 0.3) is 0 Å². The average Bonchev–Trinajstić information content (AvgIpc) is 2.98. The minimum absolute atomic E-state index is 0. The number of hydrogen-bond donors (Lipinski definition) is 2. The highest BCUT2D eigenvalue weighted by Gasteiger charge is 2.28. The van der Waals surface area contributed by atoms with E-state index in [1.807, 2.05) is 0 Å². The first-order valence-electron chi connectivity index (χ1n) is 6.37. The van der Waals surface area contributed by atoms with Crippen molar-refractivity contribution in [2.45, 2.75) is 44.8 Å². The van der Waals surface area contributed by atoms with Gasteiger partial charge in [0.25, 0.3) is 0 Å². The molecule has 0 spiro atoms. The van der Waals surface area contributed by atoms with Crippen molar-refractivity contribution in [3.8, 4) is 0 Å². The van der Waals surface area contributed by atoms with Crippen LogP contribution in [0.15, 0.2) is 0 Å². The SMILES string of the molecule is CC(NC(=O)CNCC1CCCO1)C1CC1.Cl. The van der Waals surface area contributed by atoms with E-state index in [0.717, 1.165) is 31.9 Å². The Hall–Kier alpha value is -0.320. The molecule has 1 amide bonds. The Morgan fingerprint density at radius 1 is 1.41 bits per heavy atom. The number of halogens is 1. The summed E-state index contributed by atoms with van der Waals surface area (Å²) in [6, 6.07) is 0.344. The first-order valence-corrected chi connectivity index (χ1v) is 6.37. The fourth-order valence-electron chi connectivity index (χ4n) is 2.17. The maximum Gasteiger partial charge on any atom is 0.234 e. The van der Waals surface area contributed by atoms with Crippen molar-refractivity contribution in [1.82, 2.24) is 10.6 Å². The van der Waals surface area contributed by atoms with E-state index in [-0.39, 0.29) is 18.3 Å². The Kier molecular flexibility index (Phi) is 6.23. The lowest BCUT2D eigenvalue weighted by Gasteiger charge is -2.14. The van der Waals surface area contributed by atoms with Gasteiger partial charge in [0.2, 0.25) is 5.91 Å². The van der Waals surface area contributed by atoms with Crippen molar-refractivity contribution in [2.24, 2.45) is 5.92 Å². The average molecular weight is 263 g/mol. The fraction of sp³-hybridized carbons (Fsp3) is 0.917. The second-order valence-corrected chi connectivity index (χ2v) is 4.96. The second-order valence-electron chi connectivity index (χ2n) is 4.96. The molecule has 4 nitrogen and oxygen atoms in total. The van der Waals surface area contributed by atoms with E-state index in [0.29, 0.717) is 18.7 Å². The van der Waals surface area contributed by atoms with Gasteiger partial charge in [-0.1, -0.05) is 0 Å². The van der Waals surface area contributed by atoms with Crippen LogP contribution in [0, 0.1) is 5.92 Å². The standard InChI is InChI=1S/C12H22N2O2.ClH/c1-9(10-4-5-10)14-12(15)8-13-7-11-3-2-6-16-11;/h9-11,13H,2-8H2,1H3,(H,14,15);1H. The quantitative estimate of drug-likeness (QED) is 0.754. The molecule has 2 aliphatic rings. The summed E-state index contributed by atoms with van der Waals surface area (Å²) < 4.78 is 5.47. The molecule has 0 bridgehead atoms. The molecule has 1 saturated carbocycles. The van der Waals surface area contributed by atoms with Gasteiger partial charge in [-0.3, -0.25) is 4.79 Å². The summed E-state index contributed by atoms with van der Waals surface area (Å²) in [4.78, 5) is 11.5. The zero-order chi connectivity index (χ0) is 11.4. The summed E-state index contributed by atoms with van der Waals surface area (Å²) in [7, 11) is 0. The van der Waals surface area contributed by atoms with Crippen LogP contribution in [0.4, 0.5) is 0 Å². The molecule has 0 aromatic rings. The smallest absolute Gasteiger partial charge is 0.234 e. The third kappa shape index (κ3) is 5.23. The molecule has 5 heteroatoms. The molecule has 2 rings (SSSR count). The van der Waals surface area contributed by atoms with Gasteiger partial charge in [0, 0.05) is 19.2 Å². The number of rotatable bonds is 6. The second kappa shape index (κ2) is 7.19. The predicted molar refractivity (Wildman–Crippen MR) is 69.4 cm³/mol. The lowest BCUT2D eigenvalue weighted by atomic mass is 10.2. The van der Waals surface area contributed by atoms with E-state index in [2.05, 4.69) is 17.6 Å². The molecule has 17 heavy (non-hydrogen) atoms. The molecular formula is C12H23ClN2O2. The fourth-order valence-corrected chi connectivity index (χ4v) is 2.17. The monoisotopic (exact) mass is 262 g/mol. The highest BCUT2D eigenvalue weighted by molar-refractivity contribution is 5.85. The zero-order valence-corrected chi connectivity index (χ0v) is 11.2. The first kappa shape index (κ1) is 14.7. The third-order valence-corrected chi connectivity index (χ3v) is 3.40. The molecule has 2 N–H and O–H groups in total. The van der Waals surface area contributed by atoms with Gasteiger partial charge >= 0.3 is 0 Å². The first-order chi connectivity index (χ1) is 7.75. The van der Waals surface area contributed by atoms with E-state index in [1.54, 1.807) is 0 Å².